The van der Waals surface area contributed by atoms with Crippen LogP contribution in [-0.2, 0) is 0 Å². The molecule has 0 fully saturated rings. The molecule has 30 heavy (non-hydrogen) atoms. The summed E-state index contributed by atoms with van der Waals surface area (Å²) in [7, 11) is 0. The molecule has 0 aliphatic rings. The monoisotopic (exact) mass is 430 g/mol. The topological polar surface area (TPSA) is 45.3 Å². The highest BCUT2D eigenvalue weighted by Gasteiger charge is 2.16. The van der Waals surface area contributed by atoms with Crippen LogP contribution in [0, 0.1) is 25.2 Å². The fraction of sp³-hybridized carbons (Fsp3) is 0.120. The van der Waals surface area contributed by atoms with E-state index in [2.05, 4.69) is 43.3 Å². The van der Waals surface area contributed by atoms with Crippen LogP contribution < -0.4 is 0 Å². The molecule has 0 N–H and O–H groups in total. The van der Waals surface area contributed by atoms with Crippen molar-refractivity contribution in [3.05, 3.63) is 94.1 Å². The third-order valence-electron chi connectivity index (χ3n) is 5.04. The number of pyridine rings is 1. The zero-order valence-corrected chi connectivity index (χ0v) is 18.2. The van der Waals surface area contributed by atoms with Gasteiger partial charge in [0.1, 0.15) is 6.07 Å². The summed E-state index contributed by atoms with van der Waals surface area (Å²) in [6, 6.07) is 21.7. The molecule has 0 spiro atoms. The molecule has 0 saturated heterocycles. The Balaban J connectivity index is 1.71. The van der Waals surface area contributed by atoms with Gasteiger partial charge in [-0.1, -0.05) is 53.2 Å². The van der Waals surface area contributed by atoms with Gasteiger partial charge in [-0.2, -0.15) is 5.26 Å². The van der Waals surface area contributed by atoms with Crippen LogP contribution in [0.5, 0.6) is 0 Å². The van der Waals surface area contributed by atoms with Crippen molar-refractivity contribution in [1.29, 1.82) is 5.26 Å². The van der Waals surface area contributed by atoms with E-state index in [9.17, 15) is 10.1 Å². The number of nitriles is 1. The van der Waals surface area contributed by atoms with Crippen molar-refractivity contribution in [1.82, 2.24) is 4.40 Å². The maximum atomic E-state index is 12.7. The molecule has 0 aliphatic heterocycles. The Bertz CT molecular complexity index is 1280. The van der Waals surface area contributed by atoms with E-state index in [1.165, 1.54) is 17.3 Å². The number of nitrogens with zero attached hydrogens (tertiary/aromatic N) is 2. The van der Waals surface area contributed by atoms with Crippen LogP contribution in [0.3, 0.4) is 0 Å². The molecule has 3 nitrogen and oxygen atoms in total. The molecule has 0 saturated carbocycles. The van der Waals surface area contributed by atoms with Crippen molar-refractivity contribution in [2.45, 2.75) is 18.9 Å². The highest BCUT2D eigenvalue weighted by Crippen LogP contribution is 2.32. The van der Waals surface area contributed by atoms with Gasteiger partial charge < -0.3 is 4.40 Å². The Kier molecular flexibility index (Phi) is 5.67. The van der Waals surface area contributed by atoms with Gasteiger partial charge in [-0.15, -0.1) is 0 Å². The first-order valence-corrected chi connectivity index (χ1v) is 10.9. The molecule has 4 rings (SSSR count). The third-order valence-corrected chi connectivity index (χ3v) is 6.38. The SMILES string of the molecule is Cc1ccc(-c2cc3cc(C)c(C#N)c(SCC(=O)c4ccc(Cl)cc4)n3c2)cc1. The molecule has 2 aromatic heterocycles. The maximum absolute atomic E-state index is 12.7. The molecule has 0 unspecified atom stereocenters. The Morgan fingerprint density at radius 3 is 2.40 bits per heavy atom. The molecule has 0 aliphatic carbocycles. The number of carbonyl (C=O) groups excluding carboxylic acids is 1. The maximum Gasteiger partial charge on any atom is 0.173 e. The summed E-state index contributed by atoms with van der Waals surface area (Å²) in [5.74, 6) is 0.244. The second-order valence-corrected chi connectivity index (χ2v) is 8.63. The Morgan fingerprint density at radius 2 is 1.73 bits per heavy atom. The lowest BCUT2D eigenvalue weighted by Crippen LogP contribution is -2.04. The highest BCUT2D eigenvalue weighted by atomic mass is 35.5. The molecule has 0 atom stereocenters. The molecule has 2 heterocycles. The molecule has 4 aromatic rings. The predicted octanol–water partition coefficient (Wildman–Crippen LogP) is 6.72. The summed E-state index contributed by atoms with van der Waals surface area (Å²) in [5, 5.41) is 11.1. The summed E-state index contributed by atoms with van der Waals surface area (Å²) in [4.78, 5) is 12.7. The molecule has 0 radical (unpaired) electrons. The van der Waals surface area contributed by atoms with Gasteiger partial charge in [0.05, 0.1) is 16.3 Å². The molecule has 0 amide bonds. The van der Waals surface area contributed by atoms with E-state index >= 15 is 0 Å². The number of Topliss-reactive ketones (excluding diaryl/α,β-unsaturated/α-hetero) is 1. The largest absolute Gasteiger partial charge is 0.310 e. The minimum Gasteiger partial charge on any atom is -0.310 e. The lowest BCUT2D eigenvalue weighted by molar-refractivity contribution is 0.102. The number of hydrogen-bond acceptors (Lipinski definition) is 3. The molecular formula is C25H19ClN2OS. The van der Waals surface area contributed by atoms with Gasteiger partial charge in [0, 0.05) is 27.9 Å². The summed E-state index contributed by atoms with van der Waals surface area (Å²) in [5.41, 5.74) is 6.53. The summed E-state index contributed by atoms with van der Waals surface area (Å²) < 4.78 is 2.01. The number of thioether (sulfide) groups is 1. The van der Waals surface area contributed by atoms with Crippen molar-refractivity contribution in [3.63, 3.8) is 0 Å². The van der Waals surface area contributed by atoms with Gasteiger partial charge in [-0.25, -0.2) is 0 Å². The fourth-order valence-electron chi connectivity index (χ4n) is 3.38. The first-order chi connectivity index (χ1) is 14.5. The lowest BCUT2D eigenvalue weighted by atomic mass is 10.1. The van der Waals surface area contributed by atoms with Gasteiger partial charge >= 0.3 is 0 Å². The third kappa shape index (κ3) is 4.00. The van der Waals surface area contributed by atoms with Crippen molar-refractivity contribution >= 4 is 34.7 Å². The van der Waals surface area contributed by atoms with E-state index in [4.69, 9.17) is 11.6 Å². The van der Waals surface area contributed by atoms with Crippen LogP contribution in [0.15, 0.2) is 71.9 Å². The number of aromatic nitrogens is 1. The van der Waals surface area contributed by atoms with E-state index in [1.807, 2.05) is 23.6 Å². The molecular weight excluding hydrogens is 412 g/mol. The minimum atomic E-state index is 0.00104. The van der Waals surface area contributed by atoms with Gasteiger partial charge in [0.25, 0.3) is 0 Å². The predicted molar refractivity (Wildman–Crippen MR) is 124 cm³/mol. The number of carbonyl (C=O) groups is 1. The normalized spacial score (nSPS) is 10.9. The highest BCUT2D eigenvalue weighted by molar-refractivity contribution is 8.00. The Morgan fingerprint density at radius 1 is 1.03 bits per heavy atom. The quantitative estimate of drug-likeness (QED) is 0.260. The van der Waals surface area contributed by atoms with Crippen LogP contribution in [0.2, 0.25) is 5.02 Å². The van der Waals surface area contributed by atoms with E-state index < -0.39 is 0 Å². The minimum absolute atomic E-state index is 0.00104. The van der Waals surface area contributed by atoms with Crippen molar-refractivity contribution in [2.24, 2.45) is 0 Å². The number of halogens is 1. The number of hydrogen-bond donors (Lipinski definition) is 0. The number of benzene rings is 2. The fourth-order valence-corrected chi connectivity index (χ4v) is 4.59. The van der Waals surface area contributed by atoms with Crippen molar-refractivity contribution in [2.75, 3.05) is 5.75 Å². The number of ketones is 1. The average Bonchev–Trinajstić information content (AvgIpc) is 3.16. The molecule has 0 bridgehead atoms. The van der Waals surface area contributed by atoms with Crippen LogP contribution in [0.25, 0.3) is 16.6 Å². The molecule has 2 aromatic carbocycles. The van der Waals surface area contributed by atoms with E-state index in [0.717, 1.165) is 27.2 Å². The number of aryl methyl sites for hydroxylation is 2. The first kappa shape index (κ1) is 20.3. The van der Waals surface area contributed by atoms with Gasteiger partial charge in [-0.3, -0.25) is 4.79 Å². The summed E-state index contributed by atoms with van der Waals surface area (Å²) in [6.45, 7) is 4.00. The first-order valence-electron chi connectivity index (χ1n) is 9.50. The number of fused-ring (bicyclic) bond motifs is 1. The van der Waals surface area contributed by atoms with Crippen LogP contribution in [0.1, 0.15) is 27.0 Å². The van der Waals surface area contributed by atoms with E-state index in [-0.39, 0.29) is 11.5 Å². The second-order valence-electron chi connectivity index (χ2n) is 7.23. The van der Waals surface area contributed by atoms with E-state index in [0.29, 0.717) is 16.1 Å². The van der Waals surface area contributed by atoms with Crippen LogP contribution in [0.4, 0.5) is 0 Å². The Labute approximate surface area is 184 Å². The van der Waals surface area contributed by atoms with Gasteiger partial charge in [0.15, 0.2) is 5.78 Å². The van der Waals surface area contributed by atoms with Gasteiger partial charge in [-0.05, 0) is 61.4 Å². The Hall–Kier alpha value is -3.00. The number of rotatable bonds is 5. The zero-order valence-electron chi connectivity index (χ0n) is 16.6. The molecule has 148 valence electrons. The van der Waals surface area contributed by atoms with Crippen LogP contribution >= 0.6 is 23.4 Å². The average molecular weight is 431 g/mol. The van der Waals surface area contributed by atoms with Crippen molar-refractivity contribution < 1.29 is 4.79 Å². The summed E-state index contributed by atoms with van der Waals surface area (Å²) in [6.07, 6.45) is 2.04. The second kappa shape index (κ2) is 8.39. The van der Waals surface area contributed by atoms with E-state index in [1.54, 1.807) is 24.3 Å². The molecule has 5 heteroatoms. The summed E-state index contributed by atoms with van der Waals surface area (Å²) >= 11 is 7.31. The van der Waals surface area contributed by atoms with Gasteiger partial charge in [0.2, 0.25) is 0 Å². The standard InChI is InChI=1S/C25H19ClN2OS/c1-16-3-5-18(6-4-16)20-12-22-11-17(2)23(13-27)25(28(22)14-20)30-15-24(29)19-7-9-21(26)10-8-19/h3-12,14H,15H2,1-2H3. The zero-order chi connectivity index (χ0) is 21.3. The van der Waals surface area contributed by atoms with Crippen LogP contribution in [-0.4, -0.2) is 15.9 Å². The lowest BCUT2D eigenvalue weighted by Gasteiger charge is -2.10. The van der Waals surface area contributed by atoms with Crippen molar-refractivity contribution in [3.8, 4) is 17.2 Å². The smallest absolute Gasteiger partial charge is 0.173 e.